The fourth-order valence-corrected chi connectivity index (χ4v) is 3.05. The van der Waals surface area contributed by atoms with Crippen LogP contribution in [0, 0.1) is 13.8 Å². The van der Waals surface area contributed by atoms with Gasteiger partial charge in [-0.25, -0.2) is 4.79 Å². The molecule has 2 N–H and O–H groups in total. The zero-order valence-electron chi connectivity index (χ0n) is 14.3. The Kier molecular flexibility index (Phi) is 6.02. The van der Waals surface area contributed by atoms with Gasteiger partial charge in [0.05, 0.1) is 12.2 Å². The first-order chi connectivity index (χ1) is 11.0. The van der Waals surface area contributed by atoms with E-state index in [1.807, 2.05) is 0 Å². The van der Waals surface area contributed by atoms with Crippen molar-refractivity contribution >= 4 is 11.9 Å². The van der Waals surface area contributed by atoms with Crippen LogP contribution in [0.25, 0.3) is 0 Å². The molecule has 5 nitrogen and oxygen atoms in total. The Hall–Kier alpha value is -2.04. The van der Waals surface area contributed by atoms with Crippen molar-refractivity contribution in [3.8, 4) is 0 Å². The second-order valence-electron chi connectivity index (χ2n) is 5.96. The second-order valence-corrected chi connectivity index (χ2v) is 5.96. The summed E-state index contributed by atoms with van der Waals surface area (Å²) in [6.45, 7) is 6.27. The normalized spacial score (nSPS) is 14.3. The van der Waals surface area contributed by atoms with Gasteiger partial charge in [-0.1, -0.05) is 11.6 Å². The number of ether oxygens (including phenoxy) is 1. The number of carbonyl (C=O) groups is 2. The Morgan fingerprint density at radius 1 is 1.30 bits per heavy atom. The van der Waals surface area contributed by atoms with Crippen LogP contribution in [-0.2, 0) is 4.74 Å². The van der Waals surface area contributed by atoms with Crippen molar-refractivity contribution in [1.29, 1.82) is 0 Å². The minimum absolute atomic E-state index is 0.136. The summed E-state index contributed by atoms with van der Waals surface area (Å²) in [7, 11) is 0. The molecule has 0 spiro atoms. The largest absolute Gasteiger partial charge is 0.461 e. The predicted molar refractivity (Wildman–Crippen MR) is 89.7 cm³/mol. The Balaban J connectivity index is 1.99. The predicted octanol–water partition coefficient (Wildman–Crippen LogP) is 3.43. The molecule has 5 heteroatoms. The summed E-state index contributed by atoms with van der Waals surface area (Å²) < 4.78 is 5.01. The number of aryl methyl sites for hydroxylation is 1. The number of aromatic nitrogens is 1. The number of H-pyrrole nitrogens is 1. The number of hydrogen-bond acceptors (Lipinski definition) is 3. The lowest BCUT2D eigenvalue weighted by Crippen LogP contribution is -2.26. The molecular weight excluding hydrogens is 292 g/mol. The number of allylic oxidation sites excluding steroid dienone is 1. The standard InChI is InChI=1S/C18H26N2O3/c1-4-23-18(22)16-12(2)15(13(3)20-16)17(21)19-11-10-14-8-6-5-7-9-14/h8,20H,4-7,9-11H2,1-3H3,(H,19,21). The van der Waals surface area contributed by atoms with Gasteiger partial charge in [0.15, 0.2) is 0 Å². The van der Waals surface area contributed by atoms with Crippen molar-refractivity contribution in [3.05, 3.63) is 34.2 Å². The highest BCUT2D eigenvalue weighted by atomic mass is 16.5. The van der Waals surface area contributed by atoms with Crippen molar-refractivity contribution in [2.24, 2.45) is 0 Å². The topological polar surface area (TPSA) is 71.2 Å². The Morgan fingerprint density at radius 3 is 2.74 bits per heavy atom. The highest BCUT2D eigenvalue weighted by Crippen LogP contribution is 2.21. The summed E-state index contributed by atoms with van der Waals surface area (Å²) in [5, 5.41) is 2.96. The molecule has 0 saturated heterocycles. The maximum Gasteiger partial charge on any atom is 0.355 e. The first kappa shape index (κ1) is 17.3. The smallest absolute Gasteiger partial charge is 0.355 e. The number of rotatable bonds is 6. The average molecular weight is 318 g/mol. The van der Waals surface area contributed by atoms with Crippen LogP contribution in [-0.4, -0.2) is 30.0 Å². The lowest BCUT2D eigenvalue weighted by molar-refractivity contribution is 0.0519. The van der Waals surface area contributed by atoms with Crippen molar-refractivity contribution in [2.75, 3.05) is 13.2 Å². The van der Waals surface area contributed by atoms with Crippen LogP contribution in [0.5, 0.6) is 0 Å². The van der Waals surface area contributed by atoms with Crippen molar-refractivity contribution in [3.63, 3.8) is 0 Å². The molecule has 1 aromatic rings. The third-order valence-corrected chi connectivity index (χ3v) is 4.26. The van der Waals surface area contributed by atoms with Gasteiger partial charge in [0, 0.05) is 12.2 Å². The molecule has 0 unspecified atom stereocenters. The Morgan fingerprint density at radius 2 is 2.09 bits per heavy atom. The van der Waals surface area contributed by atoms with E-state index in [9.17, 15) is 9.59 Å². The van der Waals surface area contributed by atoms with Crippen molar-refractivity contribution in [2.45, 2.75) is 52.9 Å². The molecule has 0 saturated carbocycles. The molecule has 1 aliphatic rings. The molecule has 1 aromatic heterocycles. The molecule has 1 heterocycles. The molecule has 1 aliphatic carbocycles. The molecule has 0 atom stereocenters. The van der Waals surface area contributed by atoms with Gasteiger partial charge < -0.3 is 15.0 Å². The van der Waals surface area contributed by atoms with Gasteiger partial charge >= 0.3 is 5.97 Å². The molecule has 0 radical (unpaired) electrons. The third kappa shape index (κ3) is 4.24. The zero-order valence-corrected chi connectivity index (χ0v) is 14.3. The van der Waals surface area contributed by atoms with E-state index in [1.165, 1.54) is 18.4 Å². The fraction of sp³-hybridized carbons (Fsp3) is 0.556. The van der Waals surface area contributed by atoms with Gasteiger partial charge in [-0.05, 0) is 58.4 Å². The van der Waals surface area contributed by atoms with E-state index in [0.29, 0.717) is 35.7 Å². The molecule has 126 valence electrons. The Labute approximate surface area is 137 Å². The van der Waals surface area contributed by atoms with E-state index in [0.717, 1.165) is 19.3 Å². The minimum Gasteiger partial charge on any atom is -0.461 e. The quantitative estimate of drug-likeness (QED) is 0.623. The molecule has 1 amide bonds. The molecule has 0 fully saturated rings. The second kappa shape index (κ2) is 7.99. The summed E-state index contributed by atoms with van der Waals surface area (Å²) in [6.07, 6.45) is 8.01. The number of aromatic amines is 1. The summed E-state index contributed by atoms with van der Waals surface area (Å²) in [5.74, 6) is -0.553. The molecule has 0 aromatic carbocycles. The summed E-state index contributed by atoms with van der Waals surface area (Å²) in [4.78, 5) is 27.3. The van der Waals surface area contributed by atoms with Crippen molar-refractivity contribution < 1.29 is 14.3 Å². The van der Waals surface area contributed by atoms with Gasteiger partial charge in [0.25, 0.3) is 5.91 Å². The highest BCUT2D eigenvalue weighted by Gasteiger charge is 2.22. The van der Waals surface area contributed by atoms with Gasteiger partial charge in [-0.2, -0.15) is 0 Å². The van der Waals surface area contributed by atoms with Crippen LogP contribution in [0.1, 0.15) is 71.1 Å². The van der Waals surface area contributed by atoms with Crippen molar-refractivity contribution in [1.82, 2.24) is 10.3 Å². The SMILES string of the molecule is CCOC(=O)c1[nH]c(C)c(C(=O)NCCC2=CCCCC2)c1C. The summed E-state index contributed by atoms with van der Waals surface area (Å²) in [5.41, 5.74) is 3.69. The van der Waals surface area contributed by atoms with Gasteiger partial charge in [0.1, 0.15) is 5.69 Å². The Bertz CT molecular complexity index is 614. The zero-order chi connectivity index (χ0) is 16.8. The van der Waals surface area contributed by atoms with Gasteiger partial charge in [0.2, 0.25) is 0 Å². The van der Waals surface area contributed by atoms with E-state index < -0.39 is 5.97 Å². The van der Waals surface area contributed by atoms with Crippen LogP contribution >= 0.6 is 0 Å². The van der Waals surface area contributed by atoms with Crippen LogP contribution in [0.2, 0.25) is 0 Å². The molecule has 2 rings (SSSR count). The average Bonchev–Trinajstić information content (AvgIpc) is 2.83. The van der Waals surface area contributed by atoms with Gasteiger partial charge in [-0.3, -0.25) is 4.79 Å². The number of nitrogens with one attached hydrogen (secondary N) is 2. The maximum atomic E-state index is 12.4. The lowest BCUT2D eigenvalue weighted by atomic mass is 9.97. The van der Waals surface area contributed by atoms with E-state index in [2.05, 4.69) is 16.4 Å². The number of carbonyl (C=O) groups excluding carboxylic acids is 2. The van der Waals surface area contributed by atoms with Crippen LogP contribution in [0.4, 0.5) is 0 Å². The van der Waals surface area contributed by atoms with Crippen LogP contribution < -0.4 is 5.32 Å². The number of amides is 1. The molecular formula is C18H26N2O3. The first-order valence-corrected chi connectivity index (χ1v) is 8.37. The molecule has 0 aliphatic heterocycles. The lowest BCUT2D eigenvalue weighted by Gasteiger charge is -2.13. The number of hydrogen-bond donors (Lipinski definition) is 2. The maximum absolute atomic E-state index is 12.4. The van der Waals surface area contributed by atoms with E-state index in [-0.39, 0.29) is 5.91 Å². The monoisotopic (exact) mass is 318 g/mol. The van der Waals surface area contributed by atoms with Crippen LogP contribution in [0.3, 0.4) is 0 Å². The number of esters is 1. The van der Waals surface area contributed by atoms with Gasteiger partial charge in [-0.15, -0.1) is 0 Å². The summed E-state index contributed by atoms with van der Waals surface area (Å²) >= 11 is 0. The minimum atomic E-state index is -0.417. The summed E-state index contributed by atoms with van der Waals surface area (Å²) in [6, 6.07) is 0. The van der Waals surface area contributed by atoms with E-state index in [1.54, 1.807) is 20.8 Å². The van der Waals surface area contributed by atoms with Crippen LogP contribution in [0.15, 0.2) is 11.6 Å². The molecule has 0 bridgehead atoms. The fourth-order valence-electron chi connectivity index (χ4n) is 3.05. The first-order valence-electron chi connectivity index (χ1n) is 8.37. The van der Waals surface area contributed by atoms with E-state index >= 15 is 0 Å². The third-order valence-electron chi connectivity index (χ3n) is 4.26. The van der Waals surface area contributed by atoms with E-state index in [4.69, 9.17) is 4.74 Å². The molecule has 23 heavy (non-hydrogen) atoms. The highest BCUT2D eigenvalue weighted by molar-refractivity contribution is 6.01.